The Morgan fingerprint density at radius 2 is 2.15 bits per heavy atom. The molecule has 100 valence electrons. The summed E-state index contributed by atoms with van der Waals surface area (Å²) in [5.74, 6) is 0.140. The van der Waals surface area contributed by atoms with Gasteiger partial charge in [0.05, 0.1) is 16.8 Å². The zero-order valence-corrected chi connectivity index (χ0v) is 11.1. The van der Waals surface area contributed by atoms with Gasteiger partial charge in [-0.1, -0.05) is 30.0 Å². The Hall–Kier alpha value is -2.34. The number of fused-ring (bicyclic) bond motifs is 1. The van der Waals surface area contributed by atoms with Gasteiger partial charge in [-0.25, -0.2) is 14.8 Å². The first-order valence-electron chi connectivity index (χ1n) is 5.87. The summed E-state index contributed by atoms with van der Waals surface area (Å²) in [5.41, 5.74) is 1.05. The van der Waals surface area contributed by atoms with Crippen LogP contribution < -0.4 is 0 Å². The van der Waals surface area contributed by atoms with Gasteiger partial charge < -0.3 is 9.52 Å². The van der Waals surface area contributed by atoms with E-state index in [1.54, 1.807) is 0 Å². The summed E-state index contributed by atoms with van der Waals surface area (Å²) < 4.78 is 5.21. The fourth-order valence-electron chi connectivity index (χ4n) is 1.80. The van der Waals surface area contributed by atoms with Crippen molar-refractivity contribution in [2.24, 2.45) is 0 Å². The molecule has 0 aliphatic carbocycles. The van der Waals surface area contributed by atoms with Crippen LogP contribution in [0.1, 0.15) is 16.1 Å². The number of rotatable bonds is 4. The van der Waals surface area contributed by atoms with Crippen LogP contribution in [0.3, 0.4) is 0 Å². The van der Waals surface area contributed by atoms with Gasteiger partial charge in [-0.2, -0.15) is 0 Å². The van der Waals surface area contributed by atoms with E-state index in [0.717, 1.165) is 15.9 Å². The molecule has 3 rings (SSSR count). The molecule has 0 atom stereocenters. The maximum atomic E-state index is 10.8. The molecule has 2 aromatic heterocycles. The van der Waals surface area contributed by atoms with Crippen LogP contribution >= 0.6 is 11.8 Å². The molecule has 0 radical (unpaired) electrons. The highest BCUT2D eigenvalue weighted by molar-refractivity contribution is 7.98. The lowest BCUT2D eigenvalue weighted by Crippen LogP contribution is -1.91. The second kappa shape index (κ2) is 5.34. The third-order valence-electron chi connectivity index (χ3n) is 2.76. The smallest absolute Gasteiger partial charge is 0.338 e. The zero-order chi connectivity index (χ0) is 13.9. The second-order valence-electron chi connectivity index (χ2n) is 4.09. The van der Waals surface area contributed by atoms with Crippen molar-refractivity contribution >= 4 is 28.6 Å². The molecular formula is C14H10N2O3S. The normalized spacial score (nSPS) is 10.8. The van der Waals surface area contributed by atoms with Crippen molar-refractivity contribution in [3.63, 3.8) is 0 Å². The van der Waals surface area contributed by atoms with Gasteiger partial charge in [0.15, 0.2) is 0 Å². The molecule has 0 spiro atoms. The van der Waals surface area contributed by atoms with E-state index >= 15 is 0 Å². The Kier molecular flexibility index (Phi) is 3.39. The number of thioether (sulfide) groups is 1. The minimum absolute atomic E-state index is 0.160. The number of hydrogen-bond donors (Lipinski definition) is 1. The molecule has 5 nitrogen and oxygen atoms in total. The number of para-hydroxylation sites is 1. The quantitative estimate of drug-likeness (QED) is 0.586. The molecular weight excluding hydrogens is 276 g/mol. The van der Waals surface area contributed by atoms with Gasteiger partial charge in [-0.05, 0) is 12.1 Å². The van der Waals surface area contributed by atoms with E-state index in [1.165, 1.54) is 30.4 Å². The third kappa shape index (κ3) is 2.50. The average Bonchev–Trinajstić information content (AvgIpc) is 2.94. The van der Waals surface area contributed by atoms with Gasteiger partial charge in [0.1, 0.15) is 23.4 Å². The van der Waals surface area contributed by atoms with E-state index in [2.05, 4.69) is 9.97 Å². The Balaban J connectivity index is 1.81. The highest BCUT2D eigenvalue weighted by atomic mass is 32.2. The summed E-state index contributed by atoms with van der Waals surface area (Å²) in [6.07, 6.45) is 2.77. The largest absolute Gasteiger partial charge is 0.478 e. The molecule has 6 heteroatoms. The van der Waals surface area contributed by atoms with E-state index in [9.17, 15) is 4.79 Å². The van der Waals surface area contributed by atoms with Crippen LogP contribution in [0.5, 0.6) is 0 Å². The molecule has 0 amide bonds. The molecule has 3 aromatic rings. The summed E-state index contributed by atoms with van der Waals surface area (Å²) >= 11 is 1.49. The van der Waals surface area contributed by atoms with E-state index in [0.29, 0.717) is 11.5 Å². The van der Waals surface area contributed by atoms with Crippen molar-refractivity contribution in [3.05, 3.63) is 54.2 Å². The SMILES string of the molecule is O=C(O)c1coc(CSc2ncnc3ccccc23)c1. The van der Waals surface area contributed by atoms with E-state index < -0.39 is 5.97 Å². The van der Waals surface area contributed by atoms with Crippen LogP contribution in [0.15, 0.2) is 52.4 Å². The molecule has 0 aliphatic rings. The lowest BCUT2D eigenvalue weighted by molar-refractivity contribution is 0.0696. The molecule has 0 saturated heterocycles. The summed E-state index contributed by atoms with van der Waals surface area (Å²) in [6.45, 7) is 0. The molecule has 0 bridgehead atoms. The topological polar surface area (TPSA) is 76.2 Å². The van der Waals surface area contributed by atoms with Gasteiger partial charge in [-0.3, -0.25) is 0 Å². The Morgan fingerprint density at radius 1 is 1.30 bits per heavy atom. The van der Waals surface area contributed by atoms with Gasteiger partial charge >= 0.3 is 5.97 Å². The van der Waals surface area contributed by atoms with Crippen molar-refractivity contribution in [2.45, 2.75) is 10.8 Å². The average molecular weight is 286 g/mol. The monoisotopic (exact) mass is 286 g/mol. The summed E-state index contributed by atoms with van der Waals surface area (Å²) in [4.78, 5) is 19.2. The highest BCUT2D eigenvalue weighted by Gasteiger charge is 2.10. The number of carboxylic acid groups (broad SMARTS) is 1. The minimum Gasteiger partial charge on any atom is -0.478 e. The van der Waals surface area contributed by atoms with Gasteiger partial charge in [0, 0.05) is 5.39 Å². The predicted molar refractivity (Wildman–Crippen MR) is 74.8 cm³/mol. The first-order chi connectivity index (χ1) is 9.74. The van der Waals surface area contributed by atoms with E-state index in [-0.39, 0.29) is 5.56 Å². The number of furan rings is 1. The first-order valence-corrected chi connectivity index (χ1v) is 6.86. The van der Waals surface area contributed by atoms with Crippen LogP contribution in [-0.4, -0.2) is 21.0 Å². The first kappa shape index (κ1) is 12.7. The van der Waals surface area contributed by atoms with Crippen LogP contribution in [-0.2, 0) is 5.75 Å². The summed E-state index contributed by atoms with van der Waals surface area (Å²) in [7, 11) is 0. The summed E-state index contributed by atoms with van der Waals surface area (Å²) in [5, 5.41) is 10.7. The number of nitrogens with zero attached hydrogens (tertiary/aromatic N) is 2. The van der Waals surface area contributed by atoms with Crippen molar-refractivity contribution in [3.8, 4) is 0 Å². The van der Waals surface area contributed by atoms with Crippen molar-refractivity contribution in [1.82, 2.24) is 9.97 Å². The van der Waals surface area contributed by atoms with Gasteiger partial charge in [0.25, 0.3) is 0 Å². The molecule has 2 heterocycles. The van der Waals surface area contributed by atoms with Crippen LogP contribution in [0.4, 0.5) is 0 Å². The number of carbonyl (C=O) groups is 1. The number of benzene rings is 1. The fourth-order valence-corrected chi connectivity index (χ4v) is 2.68. The Labute approximate surface area is 118 Å². The summed E-state index contributed by atoms with van der Waals surface area (Å²) in [6, 6.07) is 9.28. The highest BCUT2D eigenvalue weighted by Crippen LogP contribution is 2.27. The number of carboxylic acids is 1. The molecule has 0 aliphatic heterocycles. The number of hydrogen-bond acceptors (Lipinski definition) is 5. The van der Waals surface area contributed by atoms with E-state index in [4.69, 9.17) is 9.52 Å². The zero-order valence-electron chi connectivity index (χ0n) is 10.3. The standard InChI is InChI=1S/C14H10N2O3S/c17-14(18)9-5-10(19-6-9)7-20-13-11-3-1-2-4-12(11)15-8-16-13/h1-6,8H,7H2,(H,17,18). The number of aromatic nitrogens is 2. The molecule has 0 fully saturated rings. The van der Waals surface area contributed by atoms with E-state index in [1.807, 2.05) is 24.3 Å². The van der Waals surface area contributed by atoms with Crippen LogP contribution in [0.2, 0.25) is 0 Å². The fraction of sp³-hybridized carbons (Fsp3) is 0.0714. The van der Waals surface area contributed by atoms with Gasteiger partial charge in [-0.15, -0.1) is 0 Å². The van der Waals surface area contributed by atoms with Crippen molar-refractivity contribution < 1.29 is 14.3 Å². The Bertz CT molecular complexity index is 764. The maximum Gasteiger partial charge on any atom is 0.338 e. The molecule has 0 unspecified atom stereocenters. The van der Waals surface area contributed by atoms with Gasteiger partial charge in [0.2, 0.25) is 0 Å². The predicted octanol–water partition coefficient (Wildman–Crippen LogP) is 3.21. The Morgan fingerprint density at radius 3 is 2.95 bits per heavy atom. The van der Waals surface area contributed by atoms with Crippen molar-refractivity contribution in [2.75, 3.05) is 0 Å². The second-order valence-corrected chi connectivity index (χ2v) is 5.06. The van der Waals surface area contributed by atoms with Crippen LogP contribution in [0, 0.1) is 0 Å². The maximum absolute atomic E-state index is 10.8. The third-order valence-corrected chi connectivity index (χ3v) is 3.79. The molecule has 1 N–H and O–H groups in total. The lowest BCUT2D eigenvalue weighted by Gasteiger charge is -2.02. The minimum atomic E-state index is -0.988. The molecule has 0 saturated carbocycles. The van der Waals surface area contributed by atoms with Crippen molar-refractivity contribution in [1.29, 1.82) is 0 Å². The molecule has 1 aromatic carbocycles. The number of aromatic carboxylic acids is 1. The molecule has 20 heavy (non-hydrogen) atoms. The lowest BCUT2D eigenvalue weighted by atomic mass is 10.2. The van der Waals surface area contributed by atoms with Crippen LogP contribution in [0.25, 0.3) is 10.9 Å².